The molecule has 0 saturated carbocycles. The van der Waals surface area contributed by atoms with Gasteiger partial charge in [0.1, 0.15) is 0 Å². The molecule has 0 aromatic heterocycles. The lowest BCUT2D eigenvalue weighted by molar-refractivity contribution is -0.138. The van der Waals surface area contributed by atoms with E-state index in [9.17, 15) is 4.79 Å². The Balaban J connectivity index is 1.92. The maximum atomic E-state index is 10.7. The first-order chi connectivity index (χ1) is 7.66. The first-order valence-electron chi connectivity index (χ1n) is 6.36. The fourth-order valence-corrected chi connectivity index (χ4v) is 3.02. The molecule has 0 radical (unpaired) electrons. The quantitative estimate of drug-likeness (QED) is 0.780. The monoisotopic (exact) mass is 226 g/mol. The zero-order valence-electron chi connectivity index (χ0n) is 10.1. The van der Waals surface area contributed by atoms with Crippen molar-refractivity contribution in [2.24, 2.45) is 0 Å². The first kappa shape index (κ1) is 11.9. The van der Waals surface area contributed by atoms with Gasteiger partial charge in [0.25, 0.3) is 0 Å². The van der Waals surface area contributed by atoms with E-state index in [0.717, 1.165) is 13.1 Å². The largest absolute Gasteiger partial charge is 0.481 e. The average molecular weight is 226 g/mol. The maximum absolute atomic E-state index is 10.7. The molecule has 2 aliphatic heterocycles. The van der Waals surface area contributed by atoms with E-state index in [0.29, 0.717) is 6.04 Å². The molecule has 2 heterocycles. The molecular weight excluding hydrogens is 204 g/mol. The van der Waals surface area contributed by atoms with Crippen LogP contribution in [0.25, 0.3) is 0 Å². The molecule has 2 rings (SSSR count). The number of fused-ring (bicyclic) bond motifs is 1. The summed E-state index contributed by atoms with van der Waals surface area (Å²) in [6.45, 7) is 6.60. The van der Waals surface area contributed by atoms with Gasteiger partial charge >= 0.3 is 5.97 Å². The van der Waals surface area contributed by atoms with Crippen molar-refractivity contribution in [1.29, 1.82) is 0 Å². The van der Waals surface area contributed by atoms with E-state index in [-0.39, 0.29) is 12.5 Å². The van der Waals surface area contributed by atoms with Gasteiger partial charge in [-0.15, -0.1) is 0 Å². The van der Waals surface area contributed by atoms with Gasteiger partial charge in [-0.25, -0.2) is 0 Å². The molecule has 0 aromatic rings. The third-order valence-corrected chi connectivity index (χ3v) is 3.93. The highest BCUT2D eigenvalue weighted by Crippen LogP contribution is 2.22. The second-order valence-electron chi connectivity index (χ2n) is 5.13. The van der Waals surface area contributed by atoms with Crippen LogP contribution in [0.5, 0.6) is 0 Å². The molecule has 1 N–H and O–H groups in total. The van der Waals surface area contributed by atoms with Crippen LogP contribution in [0.2, 0.25) is 0 Å². The molecule has 2 atom stereocenters. The molecule has 2 fully saturated rings. The lowest BCUT2D eigenvalue weighted by Gasteiger charge is -2.29. The Morgan fingerprint density at radius 1 is 1.38 bits per heavy atom. The van der Waals surface area contributed by atoms with E-state index in [1.54, 1.807) is 0 Å². The van der Waals surface area contributed by atoms with Crippen LogP contribution < -0.4 is 0 Å². The lowest BCUT2D eigenvalue weighted by atomic mass is 10.1. The minimum Gasteiger partial charge on any atom is -0.481 e. The van der Waals surface area contributed by atoms with E-state index in [2.05, 4.69) is 9.80 Å². The van der Waals surface area contributed by atoms with Crippen LogP contribution in [-0.2, 0) is 4.79 Å². The van der Waals surface area contributed by atoms with E-state index in [1.165, 1.54) is 32.4 Å². The topological polar surface area (TPSA) is 43.8 Å². The van der Waals surface area contributed by atoms with Crippen molar-refractivity contribution in [2.45, 2.75) is 44.7 Å². The molecule has 16 heavy (non-hydrogen) atoms. The van der Waals surface area contributed by atoms with Crippen LogP contribution in [0.1, 0.15) is 32.6 Å². The summed E-state index contributed by atoms with van der Waals surface area (Å²) in [4.78, 5) is 15.7. The standard InChI is InChI=1S/C12H22N2O2/c1-10(8-12(15)16)14-7-3-6-13-5-2-4-11(13)9-14/h10-11H,2-9H2,1H3,(H,15,16). The summed E-state index contributed by atoms with van der Waals surface area (Å²) in [5.41, 5.74) is 0. The molecule has 2 unspecified atom stereocenters. The molecule has 2 aliphatic rings. The van der Waals surface area contributed by atoms with E-state index < -0.39 is 5.97 Å². The number of carboxylic acids is 1. The SMILES string of the molecule is CC(CC(=O)O)N1CCCN2CCCC2C1. The summed E-state index contributed by atoms with van der Waals surface area (Å²) in [5, 5.41) is 8.84. The van der Waals surface area contributed by atoms with Crippen LogP contribution in [0, 0.1) is 0 Å². The minimum atomic E-state index is -0.681. The molecule has 0 aliphatic carbocycles. The van der Waals surface area contributed by atoms with Crippen molar-refractivity contribution < 1.29 is 9.90 Å². The molecule has 2 saturated heterocycles. The van der Waals surface area contributed by atoms with Crippen LogP contribution in [0.15, 0.2) is 0 Å². The van der Waals surface area contributed by atoms with Crippen molar-refractivity contribution in [2.75, 3.05) is 26.2 Å². The number of rotatable bonds is 3. The second kappa shape index (κ2) is 5.15. The molecule has 4 heteroatoms. The van der Waals surface area contributed by atoms with Crippen molar-refractivity contribution >= 4 is 5.97 Å². The lowest BCUT2D eigenvalue weighted by Crippen LogP contribution is -2.41. The molecular formula is C12H22N2O2. The predicted octanol–water partition coefficient (Wildman–Crippen LogP) is 1.02. The highest BCUT2D eigenvalue weighted by molar-refractivity contribution is 5.67. The van der Waals surface area contributed by atoms with Gasteiger partial charge in [-0.3, -0.25) is 14.6 Å². The third kappa shape index (κ3) is 2.74. The number of aliphatic carboxylic acids is 1. The van der Waals surface area contributed by atoms with Crippen molar-refractivity contribution in [3.8, 4) is 0 Å². The Hall–Kier alpha value is -0.610. The Kier molecular flexibility index (Phi) is 3.82. The third-order valence-electron chi connectivity index (χ3n) is 3.93. The number of hydrogen-bond acceptors (Lipinski definition) is 3. The normalized spacial score (nSPS) is 29.7. The van der Waals surface area contributed by atoms with E-state index in [4.69, 9.17) is 5.11 Å². The van der Waals surface area contributed by atoms with Gasteiger partial charge in [-0.1, -0.05) is 0 Å². The zero-order chi connectivity index (χ0) is 11.5. The smallest absolute Gasteiger partial charge is 0.304 e. The van der Waals surface area contributed by atoms with Crippen LogP contribution in [0.3, 0.4) is 0 Å². The van der Waals surface area contributed by atoms with Gasteiger partial charge in [0.15, 0.2) is 0 Å². The van der Waals surface area contributed by atoms with Crippen molar-refractivity contribution in [3.63, 3.8) is 0 Å². The molecule has 0 aromatic carbocycles. The van der Waals surface area contributed by atoms with Gasteiger partial charge in [0, 0.05) is 18.6 Å². The second-order valence-corrected chi connectivity index (χ2v) is 5.13. The molecule has 0 spiro atoms. The fraction of sp³-hybridized carbons (Fsp3) is 0.917. The summed E-state index contributed by atoms with van der Waals surface area (Å²) in [6.07, 6.45) is 4.05. The van der Waals surface area contributed by atoms with Gasteiger partial charge in [0.2, 0.25) is 0 Å². The van der Waals surface area contributed by atoms with Crippen LogP contribution >= 0.6 is 0 Å². The molecule has 0 amide bonds. The van der Waals surface area contributed by atoms with Crippen molar-refractivity contribution in [1.82, 2.24) is 9.80 Å². The van der Waals surface area contributed by atoms with E-state index >= 15 is 0 Å². The molecule has 4 nitrogen and oxygen atoms in total. The number of carboxylic acid groups (broad SMARTS) is 1. The zero-order valence-corrected chi connectivity index (χ0v) is 10.1. The molecule has 0 bridgehead atoms. The number of hydrogen-bond donors (Lipinski definition) is 1. The van der Waals surface area contributed by atoms with Crippen LogP contribution in [0.4, 0.5) is 0 Å². The minimum absolute atomic E-state index is 0.179. The average Bonchev–Trinajstić information content (AvgIpc) is 2.54. The van der Waals surface area contributed by atoms with Gasteiger partial charge in [-0.05, 0) is 45.8 Å². The van der Waals surface area contributed by atoms with Gasteiger partial charge in [-0.2, -0.15) is 0 Å². The van der Waals surface area contributed by atoms with Gasteiger partial charge < -0.3 is 5.11 Å². The summed E-state index contributed by atoms with van der Waals surface area (Å²) >= 11 is 0. The van der Waals surface area contributed by atoms with Gasteiger partial charge in [0.05, 0.1) is 6.42 Å². The maximum Gasteiger partial charge on any atom is 0.304 e. The van der Waals surface area contributed by atoms with Crippen molar-refractivity contribution in [3.05, 3.63) is 0 Å². The summed E-state index contributed by atoms with van der Waals surface area (Å²) in [5.74, 6) is -0.681. The Morgan fingerprint density at radius 2 is 2.12 bits per heavy atom. The Labute approximate surface area is 97.2 Å². The fourth-order valence-electron chi connectivity index (χ4n) is 3.02. The highest BCUT2D eigenvalue weighted by atomic mass is 16.4. The Bertz CT molecular complexity index is 257. The Morgan fingerprint density at radius 3 is 2.88 bits per heavy atom. The number of carbonyl (C=O) groups is 1. The van der Waals surface area contributed by atoms with E-state index in [1.807, 2.05) is 6.92 Å². The summed E-state index contributed by atoms with van der Waals surface area (Å²) in [7, 11) is 0. The summed E-state index contributed by atoms with van der Waals surface area (Å²) in [6, 6.07) is 0.858. The highest BCUT2D eigenvalue weighted by Gasteiger charge is 2.30. The summed E-state index contributed by atoms with van der Waals surface area (Å²) < 4.78 is 0. The van der Waals surface area contributed by atoms with Crippen LogP contribution in [-0.4, -0.2) is 59.1 Å². The first-order valence-corrected chi connectivity index (χ1v) is 6.36. The number of nitrogens with zero attached hydrogens (tertiary/aromatic N) is 2. The predicted molar refractivity (Wildman–Crippen MR) is 62.5 cm³/mol. The molecule has 92 valence electrons.